The number of halogens is 1. The second-order valence-electron chi connectivity index (χ2n) is 8.91. The molecule has 1 N–H and O–H groups in total. The van der Waals surface area contributed by atoms with Gasteiger partial charge in [-0.1, -0.05) is 35.6 Å². The van der Waals surface area contributed by atoms with Gasteiger partial charge in [0.1, 0.15) is 5.78 Å². The summed E-state index contributed by atoms with van der Waals surface area (Å²) in [4.78, 5) is 12.0. The Morgan fingerprint density at radius 2 is 2.04 bits per heavy atom. The molecular formula is C20H29IO2. The number of hydrogen-bond acceptors (Lipinski definition) is 2. The molecule has 0 spiro atoms. The van der Waals surface area contributed by atoms with E-state index in [1.54, 1.807) is 0 Å². The number of hydrogen-bond donors (Lipinski definition) is 1. The van der Waals surface area contributed by atoms with E-state index in [-0.39, 0.29) is 11.5 Å². The van der Waals surface area contributed by atoms with Crippen LogP contribution in [0.15, 0.2) is 10.2 Å². The van der Waals surface area contributed by atoms with Gasteiger partial charge in [0, 0.05) is 12.8 Å². The fourth-order valence-electron chi connectivity index (χ4n) is 7.05. The first-order chi connectivity index (χ1) is 11.0. The van der Waals surface area contributed by atoms with Crippen LogP contribution >= 0.6 is 22.6 Å². The minimum atomic E-state index is -0.0941. The fraction of sp³-hybridized carbons (Fsp3) is 0.850. The Hall–Kier alpha value is 0.1000. The van der Waals surface area contributed by atoms with Gasteiger partial charge in [0.05, 0.1) is 6.10 Å². The molecule has 4 aliphatic rings. The van der Waals surface area contributed by atoms with E-state index in [4.69, 9.17) is 0 Å². The summed E-state index contributed by atoms with van der Waals surface area (Å²) in [5.74, 6) is 4.75. The summed E-state index contributed by atoms with van der Waals surface area (Å²) in [5.41, 5.74) is 0.149. The molecule has 0 radical (unpaired) electrons. The Morgan fingerprint density at radius 1 is 1.22 bits per heavy atom. The third-order valence-electron chi connectivity index (χ3n) is 8.13. The summed E-state index contributed by atoms with van der Waals surface area (Å²) in [6, 6.07) is 0. The summed E-state index contributed by atoms with van der Waals surface area (Å²) < 4.78 is 2.20. The zero-order valence-electron chi connectivity index (χ0n) is 14.1. The van der Waals surface area contributed by atoms with E-state index in [0.717, 1.165) is 43.4 Å². The lowest BCUT2D eigenvalue weighted by Gasteiger charge is -2.57. The highest BCUT2D eigenvalue weighted by Crippen LogP contribution is 2.63. The summed E-state index contributed by atoms with van der Waals surface area (Å²) in [6.07, 6.45) is 11.0. The number of Topliss-reactive ketones (excluding diaryl/α,β-unsaturated/α-hetero) is 1. The zero-order chi connectivity index (χ0) is 16.2. The smallest absolute Gasteiger partial charge is 0.133 e. The number of allylic oxidation sites excluding steroid dienone is 1. The lowest BCUT2D eigenvalue weighted by Crippen LogP contribution is -2.52. The Labute approximate surface area is 153 Å². The Balaban J connectivity index is 1.67. The van der Waals surface area contributed by atoms with Crippen molar-refractivity contribution in [3.8, 4) is 0 Å². The highest BCUT2D eigenvalue weighted by molar-refractivity contribution is 14.1. The maximum Gasteiger partial charge on any atom is 0.133 e. The normalized spacial score (nSPS) is 53.0. The van der Waals surface area contributed by atoms with Crippen molar-refractivity contribution in [2.75, 3.05) is 0 Å². The molecule has 0 aromatic heterocycles. The van der Waals surface area contributed by atoms with Crippen molar-refractivity contribution in [2.45, 2.75) is 64.4 Å². The van der Waals surface area contributed by atoms with E-state index in [2.05, 4.69) is 39.7 Å². The van der Waals surface area contributed by atoms with Crippen molar-refractivity contribution < 1.29 is 9.90 Å². The number of rotatable bonds is 1. The van der Waals surface area contributed by atoms with Gasteiger partial charge in [-0.3, -0.25) is 4.79 Å². The molecule has 4 saturated carbocycles. The van der Waals surface area contributed by atoms with Crippen LogP contribution in [0, 0.1) is 40.9 Å². The number of fused-ring (bicyclic) bond motifs is 5. The van der Waals surface area contributed by atoms with Crippen molar-refractivity contribution in [2.24, 2.45) is 40.9 Å². The summed E-state index contributed by atoms with van der Waals surface area (Å²) in [5, 5.41) is 10.6. The number of ketones is 1. The molecule has 0 bridgehead atoms. The Kier molecular flexibility index (Phi) is 4.41. The van der Waals surface area contributed by atoms with Gasteiger partial charge in [0.25, 0.3) is 0 Å². The van der Waals surface area contributed by atoms with Crippen molar-refractivity contribution in [3.05, 3.63) is 10.2 Å². The average Bonchev–Trinajstić information content (AvgIpc) is 2.83. The van der Waals surface area contributed by atoms with Crippen LogP contribution in [0.4, 0.5) is 0 Å². The molecule has 0 aromatic rings. The third kappa shape index (κ3) is 2.56. The van der Waals surface area contributed by atoms with Crippen LogP contribution in [0.25, 0.3) is 0 Å². The van der Waals surface area contributed by atoms with Crippen LogP contribution in [0.3, 0.4) is 0 Å². The first-order valence-electron chi connectivity index (χ1n) is 9.51. The molecule has 1 unspecified atom stereocenters. The molecule has 0 heterocycles. The second kappa shape index (κ2) is 6.12. The summed E-state index contributed by atoms with van der Waals surface area (Å²) in [6.45, 7) is 2.35. The van der Waals surface area contributed by atoms with Crippen molar-refractivity contribution >= 4 is 28.4 Å². The topological polar surface area (TPSA) is 37.3 Å². The standard InChI is InChI=1S/C20H29IO2/c1-20-8-6-16-15-3-2-14(22)11-13(15)10-12(7-9-21)19(16)17(20)4-5-18(20)23/h7,9,12-13,15-19,23H,2-6,8,10-11H2,1H3/b9-7+/t12-,13+,15?,16-,17+,18+,19-,20+/m1/s1. The first kappa shape index (κ1) is 16.6. The van der Waals surface area contributed by atoms with E-state index >= 15 is 0 Å². The largest absolute Gasteiger partial charge is 0.393 e. The maximum absolute atomic E-state index is 12.0. The number of aliphatic hydroxyl groups excluding tert-OH is 1. The van der Waals surface area contributed by atoms with Gasteiger partial charge in [-0.2, -0.15) is 0 Å². The van der Waals surface area contributed by atoms with Crippen LogP contribution in [0.5, 0.6) is 0 Å². The maximum atomic E-state index is 12.0. The minimum Gasteiger partial charge on any atom is -0.393 e. The van der Waals surface area contributed by atoms with Gasteiger partial charge in [0.15, 0.2) is 0 Å². The van der Waals surface area contributed by atoms with Gasteiger partial charge in [-0.15, -0.1) is 0 Å². The van der Waals surface area contributed by atoms with E-state index in [1.165, 1.54) is 25.7 Å². The molecule has 0 amide bonds. The van der Waals surface area contributed by atoms with E-state index in [0.29, 0.717) is 23.5 Å². The van der Waals surface area contributed by atoms with Crippen LogP contribution in [-0.4, -0.2) is 17.0 Å². The molecule has 8 atom stereocenters. The average molecular weight is 428 g/mol. The molecule has 0 aromatic carbocycles. The third-order valence-corrected chi connectivity index (χ3v) is 8.54. The van der Waals surface area contributed by atoms with E-state index in [1.807, 2.05) is 0 Å². The van der Waals surface area contributed by atoms with Crippen molar-refractivity contribution in [1.82, 2.24) is 0 Å². The van der Waals surface area contributed by atoms with Gasteiger partial charge in [-0.25, -0.2) is 0 Å². The van der Waals surface area contributed by atoms with Gasteiger partial charge >= 0.3 is 0 Å². The van der Waals surface area contributed by atoms with Crippen LogP contribution < -0.4 is 0 Å². The van der Waals surface area contributed by atoms with E-state index in [9.17, 15) is 9.90 Å². The molecule has 4 rings (SSSR count). The Bertz CT molecular complexity index is 516. The summed E-state index contributed by atoms with van der Waals surface area (Å²) in [7, 11) is 0. The van der Waals surface area contributed by atoms with Crippen LogP contribution in [0.2, 0.25) is 0 Å². The highest BCUT2D eigenvalue weighted by atomic mass is 127. The van der Waals surface area contributed by atoms with Crippen molar-refractivity contribution in [3.63, 3.8) is 0 Å². The van der Waals surface area contributed by atoms with Crippen molar-refractivity contribution in [1.29, 1.82) is 0 Å². The van der Waals surface area contributed by atoms with Gasteiger partial charge in [0.2, 0.25) is 0 Å². The highest BCUT2D eigenvalue weighted by Gasteiger charge is 2.58. The molecule has 2 nitrogen and oxygen atoms in total. The minimum absolute atomic E-state index is 0.0941. The van der Waals surface area contributed by atoms with Crippen LogP contribution in [-0.2, 0) is 4.79 Å². The molecule has 0 saturated heterocycles. The SMILES string of the molecule is C[C@]12CC[C@@H]3C4CCC(=O)C[C@@H]4C[C@@H](/C=C/I)[C@H]3[C@@H]1CC[C@@H]2O. The first-order valence-corrected chi connectivity index (χ1v) is 10.8. The van der Waals surface area contributed by atoms with Gasteiger partial charge < -0.3 is 5.11 Å². The fourth-order valence-corrected chi connectivity index (χ4v) is 7.58. The zero-order valence-corrected chi connectivity index (χ0v) is 16.2. The Morgan fingerprint density at radius 3 is 2.83 bits per heavy atom. The molecule has 23 heavy (non-hydrogen) atoms. The number of carbonyl (C=O) groups is 1. The van der Waals surface area contributed by atoms with E-state index < -0.39 is 0 Å². The van der Waals surface area contributed by atoms with Gasteiger partial charge in [-0.05, 0) is 83.5 Å². The summed E-state index contributed by atoms with van der Waals surface area (Å²) >= 11 is 2.36. The lowest BCUT2D eigenvalue weighted by atomic mass is 9.48. The second-order valence-corrected chi connectivity index (χ2v) is 9.63. The number of carbonyl (C=O) groups excluding carboxylic acids is 1. The van der Waals surface area contributed by atoms with Crippen LogP contribution in [0.1, 0.15) is 58.3 Å². The molecule has 4 aliphatic carbocycles. The molecule has 3 heteroatoms. The monoisotopic (exact) mass is 428 g/mol. The quantitative estimate of drug-likeness (QED) is 0.613. The lowest BCUT2D eigenvalue weighted by molar-refractivity contribution is -0.131. The molecule has 128 valence electrons. The molecular weight excluding hydrogens is 399 g/mol. The predicted molar refractivity (Wildman–Crippen MR) is 100 cm³/mol. The number of aliphatic hydroxyl groups is 1. The predicted octanol–water partition coefficient (Wildman–Crippen LogP) is 4.74. The molecule has 0 aliphatic heterocycles. The molecule has 4 fully saturated rings.